The summed E-state index contributed by atoms with van der Waals surface area (Å²) in [6.07, 6.45) is -1.40. The molecule has 0 aliphatic carbocycles. The van der Waals surface area contributed by atoms with Crippen molar-refractivity contribution in [3.8, 4) is 5.69 Å². The van der Waals surface area contributed by atoms with Gasteiger partial charge >= 0.3 is 6.18 Å². The molecule has 1 amide bonds. The number of hydrogen-bond donors (Lipinski definition) is 1. The number of nitrogens with zero attached hydrogens (tertiary/aromatic N) is 5. The van der Waals surface area contributed by atoms with Crippen LogP contribution in [0.4, 0.5) is 13.2 Å². The molecule has 3 aromatic heterocycles. The summed E-state index contributed by atoms with van der Waals surface area (Å²) in [6.45, 7) is 5.39. The molecule has 10 heteroatoms. The summed E-state index contributed by atoms with van der Waals surface area (Å²) >= 11 is 0. The summed E-state index contributed by atoms with van der Waals surface area (Å²) in [5.41, 5.74) is 2.73. The molecular weight excluding hydrogens is 421 g/mol. The first-order valence-corrected chi connectivity index (χ1v) is 9.88. The van der Waals surface area contributed by atoms with Crippen LogP contribution < -0.4 is 5.32 Å². The Balaban J connectivity index is 1.57. The molecule has 1 N–H and O–H groups in total. The van der Waals surface area contributed by atoms with E-state index in [2.05, 4.69) is 20.5 Å². The minimum atomic E-state index is -4.44. The minimum absolute atomic E-state index is 0.295. The first kappa shape index (κ1) is 21.5. The number of carbonyl (C=O) groups excluding carboxylic acids is 1. The van der Waals surface area contributed by atoms with Crippen LogP contribution in [-0.2, 0) is 13.2 Å². The quantitative estimate of drug-likeness (QED) is 0.512. The van der Waals surface area contributed by atoms with E-state index < -0.39 is 17.8 Å². The number of amides is 1. The van der Waals surface area contributed by atoms with Crippen molar-refractivity contribution in [3.05, 3.63) is 70.8 Å². The van der Waals surface area contributed by atoms with E-state index in [0.29, 0.717) is 28.2 Å². The largest absolute Gasteiger partial charge is 0.416 e. The van der Waals surface area contributed by atoms with Gasteiger partial charge in [0.05, 0.1) is 34.7 Å². The number of alkyl halides is 3. The molecular formula is C22H21F3N6O. The second-order valence-electron chi connectivity index (χ2n) is 7.64. The molecule has 0 radical (unpaired) electrons. The summed E-state index contributed by atoms with van der Waals surface area (Å²) in [7, 11) is 1.79. The van der Waals surface area contributed by atoms with Crippen molar-refractivity contribution in [1.82, 2.24) is 29.9 Å². The standard InChI is InChI=1S/C22H21F3N6O/c1-12(28-21(32)15-8-18-13(2)29-30(4)20(18)26-10-15)19-11-27-31(14(19)3)17-7-5-6-16(9-17)22(23,24)25/h5-12H,1-4H3,(H,28,32)/t12-/m1/s1. The maximum atomic E-state index is 13.1. The molecule has 0 aliphatic heterocycles. The van der Waals surface area contributed by atoms with Crippen LogP contribution in [0.1, 0.15) is 45.8 Å². The van der Waals surface area contributed by atoms with E-state index in [1.54, 1.807) is 43.9 Å². The van der Waals surface area contributed by atoms with E-state index in [-0.39, 0.29) is 5.91 Å². The monoisotopic (exact) mass is 442 g/mol. The van der Waals surface area contributed by atoms with Crippen molar-refractivity contribution in [1.29, 1.82) is 0 Å². The maximum absolute atomic E-state index is 13.1. The van der Waals surface area contributed by atoms with Crippen molar-refractivity contribution in [2.45, 2.75) is 33.0 Å². The lowest BCUT2D eigenvalue weighted by Crippen LogP contribution is -2.27. The fourth-order valence-electron chi connectivity index (χ4n) is 3.71. The molecule has 4 rings (SSSR count). The van der Waals surface area contributed by atoms with Crippen molar-refractivity contribution < 1.29 is 18.0 Å². The summed E-state index contributed by atoms with van der Waals surface area (Å²) < 4.78 is 42.3. The molecule has 0 saturated heterocycles. The Bertz CT molecular complexity index is 1320. The molecule has 3 heterocycles. The summed E-state index contributed by atoms with van der Waals surface area (Å²) in [6, 6.07) is 6.27. The van der Waals surface area contributed by atoms with E-state index in [1.807, 2.05) is 6.92 Å². The van der Waals surface area contributed by atoms with Gasteiger partial charge in [0.25, 0.3) is 5.91 Å². The number of aryl methyl sites for hydroxylation is 2. The second kappa shape index (κ2) is 7.77. The van der Waals surface area contributed by atoms with Crippen molar-refractivity contribution in [3.63, 3.8) is 0 Å². The predicted molar refractivity (Wildman–Crippen MR) is 112 cm³/mol. The van der Waals surface area contributed by atoms with Crippen LogP contribution in [0.5, 0.6) is 0 Å². The fourth-order valence-corrected chi connectivity index (χ4v) is 3.71. The number of fused-ring (bicyclic) bond motifs is 1. The van der Waals surface area contributed by atoms with Gasteiger partial charge in [0, 0.05) is 29.9 Å². The number of aromatic nitrogens is 5. The van der Waals surface area contributed by atoms with E-state index >= 15 is 0 Å². The van der Waals surface area contributed by atoms with Crippen LogP contribution in [0.15, 0.2) is 42.7 Å². The third kappa shape index (κ3) is 3.83. The molecule has 0 bridgehead atoms. The molecule has 0 fully saturated rings. The fraction of sp³-hybridized carbons (Fsp3) is 0.273. The Morgan fingerprint density at radius 2 is 1.91 bits per heavy atom. The lowest BCUT2D eigenvalue weighted by Gasteiger charge is -2.15. The Kier molecular flexibility index (Phi) is 5.23. The van der Waals surface area contributed by atoms with Crippen LogP contribution >= 0.6 is 0 Å². The van der Waals surface area contributed by atoms with E-state index in [0.717, 1.165) is 23.2 Å². The van der Waals surface area contributed by atoms with Crippen LogP contribution in [0, 0.1) is 13.8 Å². The van der Waals surface area contributed by atoms with Gasteiger partial charge in [0.2, 0.25) is 0 Å². The van der Waals surface area contributed by atoms with Gasteiger partial charge < -0.3 is 5.32 Å². The van der Waals surface area contributed by atoms with Crippen molar-refractivity contribution in [2.24, 2.45) is 7.05 Å². The third-order valence-corrected chi connectivity index (χ3v) is 5.41. The van der Waals surface area contributed by atoms with Crippen molar-refractivity contribution >= 4 is 16.9 Å². The van der Waals surface area contributed by atoms with Gasteiger partial charge in [0.1, 0.15) is 0 Å². The molecule has 32 heavy (non-hydrogen) atoms. The number of rotatable bonds is 4. The van der Waals surface area contributed by atoms with Gasteiger partial charge in [0.15, 0.2) is 5.65 Å². The Labute approximate surface area is 181 Å². The van der Waals surface area contributed by atoms with Gasteiger partial charge in [-0.1, -0.05) is 6.07 Å². The summed E-state index contributed by atoms with van der Waals surface area (Å²) in [4.78, 5) is 17.1. The van der Waals surface area contributed by atoms with Crippen LogP contribution in [0.2, 0.25) is 0 Å². The van der Waals surface area contributed by atoms with E-state index in [4.69, 9.17) is 0 Å². The average molecular weight is 442 g/mol. The first-order valence-electron chi connectivity index (χ1n) is 9.88. The van der Waals surface area contributed by atoms with Gasteiger partial charge in [-0.3, -0.25) is 9.48 Å². The Morgan fingerprint density at radius 3 is 2.62 bits per heavy atom. The highest BCUT2D eigenvalue weighted by atomic mass is 19.4. The lowest BCUT2D eigenvalue weighted by atomic mass is 10.1. The lowest BCUT2D eigenvalue weighted by molar-refractivity contribution is -0.137. The number of hydrogen-bond acceptors (Lipinski definition) is 4. The van der Waals surface area contributed by atoms with Crippen molar-refractivity contribution in [2.75, 3.05) is 0 Å². The third-order valence-electron chi connectivity index (χ3n) is 5.41. The maximum Gasteiger partial charge on any atom is 0.416 e. The molecule has 166 valence electrons. The number of halogens is 3. The molecule has 0 aliphatic rings. The van der Waals surface area contributed by atoms with Gasteiger partial charge in [-0.15, -0.1) is 0 Å². The minimum Gasteiger partial charge on any atom is -0.345 e. The predicted octanol–water partition coefficient (Wildman–Crippen LogP) is 4.28. The van der Waals surface area contributed by atoms with Crippen LogP contribution in [0.25, 0.3) is 16.7 Å². The van der Waals surface area contributed by atoms with Gasteiger partial charge in [-0.2, -0.15) is 23.4 Å². The van der Waals surface area contributed by atoms with Crippen LogP contribution in [0.3, 0.4) is 0 Å². The van der Waals surface area contributed by atoms with Gasteiger partial charge in [-0.05, 0) is 45.0 Å². The SMILES string of the molecule is Cc1nn(C)c2ncc(C(=O)N[C@H](C)c3cnn(-c4cccc(C(F)(F)F)c4)c3C)cc12. The average Bonchev–Trinajstić information content (AvgIpc) is 3.26. The zero-order valence-corrected chi connectivity index (χ0v) is 17.9. The van der Waals surface area contributed by atoms with Crippen LogP contribution in [-0.4, -0.2) is 30.5 Å². The number of nitrogens with one attached hydrogen (secondary N) is 1. The first-order chi connectivity index (χ1) is 15.1. The van der Waals surface area contributed by atoms with E-state index in [9.17, 15) is 18.0 Å². The zero-order chi connectivity index (χ0) is 23.2. The van der Waals surface area contributed by atoms with Gasteiger partial charge in [-0.25, -0.2) is 9.67 Å². The highest BCUT2D eigenvalue weighted by molar-refractivity contribution is 5.97. The molecule has 0 spiro atoms. The highest BCUT2D eigenvalue weighted by Gasteiger charge is 2.30. The molecule has 1 atom stereocenters. The summed E-state index contributed by atoms with van der Waals surface area (Å²) in [5.74, 6) is -0.318. The smallest absolute Gasteiger partial charge is 0.345 e. The number of pyridine rings is 1. The molecule has 7 nitrogen and oxygen atoms in total. The topological polar surface area (TPSA) is 77.6 Å². The van der Waals surface area contributed by atoms with E-state index in [1.165, 1.54) is 16.9 Å². The Hall–Kier alpha value is -3.69. The number of carbonyl (C=O) groups is 1. The molecule has 0 unspecified atom stereocenters. The second-order valence-corrected chi connectivity index (χ2v) is 7.64. The highest BCUT2D eigenvalue weighted by Crippen LogP contribution is 2.31. The summed E-state index contributed by atoms with van der Waals surface area (Å²) in [5, 5.41) is 12.2. The molecule has 4 aromatic rings. The molecule has 0 saturated carbocycles. The Morgan fingerprint density at radius 1 is 1.16 bits per heavy atom. The number of benzene rings is 1. The molecule has 1 aromatic carbocycles. The normalized spacial score (nSPS) is 12.8. The zero-order valence-electron chi connectivity index (χ0n) is 17.9.